The molecular weight excluding hydrogens is 210 g/mol. The second kappa shape index (κ2) is 6.04. The van der Waals surface area contributed by atoms with Crippen molar-refractivity contribution < 1.29 is 4.74 Å². The molecule has 0 bridgehead atoms. The van der Waals surface area contributed by atoms with E-state index in [1.807, 2.05) is 30.5 Å². The fourth-order valence-electron chi connectivity index (χ4n) is 1.92. The molecular formula is C15H17NO. The van der Waals surface area contributed by atoms with Crippen molar-refractivity contribution in [1.29, 1.82) is 0 Å². The van der Waals surface area contributed by atoms with Crippen LogP contribution < -0.4 is 4.74 Å². The number of aryl methyl sites for hydroxylation is 2. The van der Waals surface area contributed by atoms with Crippen LogP contribution in [0.3, 0.4) is 0 Å². The van der Waals surface area contributed by atoms with Crippen LogP contribution in [0.2, 0.25) is 0 Å². The van der Waals surface area contributed by atoms with Gasteiger partial charge in [0.15, 0.2) is 0 Å². The molecule has 0 fully saturated rings. The smallest absolute Gasteiger partial charge is 0.122 e. The molecule has 0 N–H and O–H groups in total. The Kier molecular flexibility index (Phi) is 4.14. The molecule has 2 heteroatoms. The minimum absolute atomic E-state index is 0.980. The summed E-state index contributed by atoms with van der Waals surface area (Å²) in [7, 11) is 1.72. The molecule has 1 heterocycles. The van der Waals surface area contributed by atoms with Gasteiger partial charge in [-0.2, -0.15) is 0 Å². The van der Waals surface area contributed by atoms with Gasteiger partial charge in [0.05, 0.1) is 7.11 Å². The molecule has 0 spiro atoms. The number of para-hydroxylation sites is 1. The summed E-state index contributed by atoms with van der Waals surface area (Å²) in [6, 6.07) is 14.2. The second-order valence-electron chi connectivity index (χ2n) is 3.99. The first-order chi connectivity index (χ1) is 8.40. The summed E-state index contributed by atoms with van der Waals surface area (Å²) in [4.78, 5) is 4.32. The maximum atomic E-state index is 5.33. The number of pyridine rings is 1. The predicted octanol–water partition coefficient (Wildman–Crippen LogP) is 3.27. The van der Waals surface area contributed by atoms with Gasteiger partial charge in [0.1, 0.15) is 5.75 Å². The summed E-state index contributed by atoms with van der Waals surface area (Å²) in [6.07, 6.45) is 4.98. The minimum Gasteiger partial charge on any atom is -0.496 e. The molecule has 0 saturated carbocycles. The van der Waals surface area contributed by atoms with Crippen LogP contribution in [-0.4, -0.2) is 12.1 Å². The van der Waals surface area contributed by atoms with E-state index in [0.29, 0.717) is 0 Å². The molecule has 88 valence electrons. The fourth-order valence-corrected chi connectivity index (χ4v) is 1.92. The Morgan fingerprint density at radius 2 is 1.82 bits per heavy atom. The summed E-state index contributed by atoms with van der Waals surface area (Å²) < 4.78 is 5.33. The molecule has 2 aromatic rings. The summed E-state index contributed by atoms with van der Waals surface area (Å²) >= 11 is 0. The molecule has 17 heavy (non-hydrogen) atoms. The molecule has 1 aromatic carbocycles. The SMILES string of the molecule is COc1ccccc1CCCc1ccccn1. The lowest BCUT2D eigenvalue weighted by atomic mass is 10.1. The highest BCUT2D eigenvalue weighted by Gasteiger charge is 2.01. The zero-order valence-electron chi connectivity index (χ0n) is 10.1. The first-order valence-corrected chi connectivity index (χ1v) is 5.92. The standard InChI is InChI=1S/C15H17NO/c1-17-15-11-3-2-7-13(15)8-6-10-14-9-4-5-12-16-14/h2-5,7,9,11-12H,6,8,10H2,1H3. The van der Waals surface area contributed by atoms with Gasteiger partial charge in [0.25, 0.3) is 0 Å². The second-order valence-corrected chi connectivity index (χ2v) is 3.99. The molecule has 0 atom stereocenters. The van der Waals surface area contributed by atoms with Crippen LogP contribution in [-0.2, 0) is 12.8 Å². The van der Waals surface area contributed by atoms with Crippen molar-refractivity contribution >= 4 is 0 Å². The highest BCUT2D eigenvalue weighted by Crippen LogP contribution is 2.19. The van der Waals surface area contributed by atoms with E-state index in [4.69, 9.17) is 4.74 Å². The molecule has 0 amide bonds. The van der Waals surface area contributed by atoms with Crippen LogP contribution in [0.15, 0.2) is 48.7 Å². The van der Waals surface area contributed by atoms with Crippen LogP contribution in [0.5, 0.6) is 5.75 Å². The third-order valence-electron chi connectivity index (χ3n) is 2.80. The normalized spacial score (nSPS) is 10.2. The number of methoxy groups -OCH3 is 1. The lowest BCUT2D eigenvalue weighted by molar-refractivity contribution is 0.409. The topological polar surface area (TPSA) is 22.1 Å². The van der Waals surface area contributed by atoms with Crippen LogP contribution in [0.1, 0.15) is 17.7 Å². The van der Waals surface area contributed by atoms with Crippen molar-refractivity contribution in [3.05, 3.63) is 59.9 Å². The predicted molar refractivity (Wildman–Crippen MR) is 69.3 cm³/mol. The number of hydrogen-bond acceptors (Lipinski definition) is 2. The summed E-state index contributed by atoms with van der Waals surface area (Å²) in [6.45, 7) is 0. The van der Waals surface area contributed by atoms with Gasteiger partial charge in [-0.1, -0.05) is 24.3 Å². The van der Waals surface area contributed by atoms with Crippen LogP contribution in [0, 0.1) is 0 Å². The zero-order chi connectivity index (χ0) is 11.9. The largest absolute Gasteiger partial charge is 0.496 e. The Labute approximate surface area is 102 Å². The van der Waals surface area contributed by atoms with Crippen molar-refractivity contribution in [2.24, 2.45) is 0 Å². The van der Waals surface area contributed by atoms with Gasteiger partial charge in [-0.15, -0.1) is 0 Å². The van der Waals surface area contributed by atoms with E-state index in [-0.39, 0.29) is 0 Å². The molecule has 2 rings (SSSR count). The average molecular weight is 227 g/mol. The Bertz CT molecular complexity index is 453. The first kappa shape index (κ1) is 11.6. The quantitative estimate of drug-likeness (QED) is 0.782. The minimum atomic E-state index is 0.980. The molecule has 2 nitrogen and oxygen atoms in total. The number of nitrogens with zero attached hydrogens (tertiary/aromatic N) is 1. The van der Waals surface area contributed by atoms with Crippen molar-refractivity contribution in [1.82, 2.24) is 4.98 Å². The number of benzene rings is 1. The number of rotatable bonds is 5. The number of aromatic nitrogens is 1. The van der Waals surface area contributed by atoms with Gasteiger partial charge < -0.3 is 4.74 Å². The van der Waals surface area contributed by atoms with Gasteiger partial charge in [0.2, 0.25) is 0 Å². The first-order valence-electron chi connectivity index (χ1n) is 5.92. The van der Waals surface area contributed by atoms with E-state index < -0.39 is 0 Å². The van der Waals surface area contributed by atoms with E-state index >= 15 is 0 Å². The Balaban J connectivity index is 1.90. The molecule has 0 saturated heterocycles. The van der Waals surface area contributed by atoms with Crippen LogP contribution in [0.4, 0.5) is 0 Å². The lowest BCUT2D eigenvalue weighted by Crippen LogP contribution is -1.95. The maximum absolute atomic E-state index is 5.33. The van der Waals surface area contributed by atoms with E-state index in [0.717, 1.165) is 30.7 Å². The van der Waals surface area contributed by atoms with Crippen LogP contribution in [0.25, 0.3) is 0 Å². The highest BCUT2D eigenvalue weighted by atomic mass is 16.5. The van der Waals surface area contributed by atoms with Gasteiger partial charge in [-0.05, 0) is 43.0 Å². The molecule has 0 aliphatic heterocycles. The summed E-state index contributed by atoms with van der Waals surface area (Å²) in [5.41, 5.74) is 2.42. The van der Waals surface area contributed by atoms with Crippen molar-refractivity contribution in [2.45, 2.75) is 19.3 Å². The number of hydrogen-bond donors (Lipinski definition) is 0. The summed E-state index contributed by atoms with van der Waals surface area (Å²) in [5, 5.41) is 0. The third kappa shape index (κ3) is 3.31. The Hall–Kier alpha value is -1.83. The summed E-state index contributed by atoms with van der Waals surface area (Å²) in [5.74, 6) is 0.980. The van der Waals surface area contributed by atoms with Gasteiger partial charge in [-0.25, -0.2) is 0 Å². The van der Waals surface area contributed by atoms with E-state index in [1.54, 1.807) is 7.11 Å². The highest BCUT2D eigenvalue weighted by molar-refractivity contribution is 5.33. The molecule has 1 aromatic heterocycles. The Morgan fingerprint density at radius 1 is 1.00 bits per heavy atom. The lowest BCUT2D eigenvalue weighted by Gasteiger charge is -2.07. The molecule has 0 unspecified atom stereocenters. The molecule has 0 radical (unpaired) electrons. The average Bonchev–Trinajstić information content (AvgIpc) is 2.40. The zero-order valence-corrected chi connectivity index (χ0v) is 10.1. The maximum Gasteiger partial charge on any atom is 0.122 e. The van der Waals surface area contributed by atoms with E-state index in [9.17, 15) is 0 Å². The van der Waals surface area contributed by atoms with E-state index in [1.165, 1.54) is 5.56 Å². The van der Waals surface area contributed by atoms with Crippen molar-refractivity contribution in [3.63, 3.8) is 0 Å². The molecule has 0 aliphatic carbocycles. The third-order valence-corrected chi connectivity index (χ3v) is 2.80. The van der Waals surface area contributed by atoms with Gasteiger partial charge >= 0.3 is 0 Å². The molecule has 0 aliphatic rings. The number of ether oxygens (including phenoxy) is 1. The fraction of sp³-hybridized carbons (Fsp3) is 0.267. The van der Waals surface area contributed by atoms with Crippen molar-refractivity contribution in [3.8, 4) is 5.75 Å². The van der Waals surface area contributed by atoms with Gasteiger partial charge in [0, 0.05) is 11.9 Å². The Morgan fingerprint density at radius 3 is 2.59 bits per heavy atom. The van der Waals surface area contributed by atoms with E-state index in [2.05, 4.69) is 23.2 Å². The van der Waals surface area contributed by atoms with Crippen LogP contribution >= 0.6 is 0 Å². The monoisotopic (exact) mass is 227 g/mol. The van der Waals surface area contributed by atoms with Crippen molar-refractivity contribution in [2.75, 3.05) is 7.11 Å². The van der Waals surface area contributed by atoms with Gasteiger partial charge in [-0.3, -0.25) is 4.98 Å².